The predicted octanol–water partition coefficient (Wildman–Crippen LogP) is 2.08. The number of methoxy groups -OCH3 is 1. The van der Waals surface area contributed by atoms with Gasteiger partial charge in [0.15, 0.2) is 11.5 Å². The maximum atomic E-state index is 12.0. The van der Waals surface area contributed by atoms with Crippen molar-refractivity contribution >= 4 is 11.9 Å². The van der Waals surface area contributed by atoms with E-state index in [9.17, 15) is 9.59 Å². The number of aliphatic carboxylic acids is 1. The Morgan fingerprint density at radius 2 is 2.00 bits per heavy atom. The lowest BCUT2D eigenvalue weighted by molar-refractivity contribution is -0.137. The van der Waals surface area contributed by atoms with Crippen molar-refractivity contribution in [3.63, 3.8) is 0 Å². The van der Waals surface area contributed by atoms with Crippen LogP contribution in [0.5, 0.6) is 11.5 Å². The minimum absolute atomic E-state index is 0.118. The second-order valence-electron chi connectivity index (χ2n) is 4.41. The van der Waals surface area contributed by atoms with Gasteiger partial charge in [-0.3, -0.25) is 9.59 Å². The third kappa shape index (κ3) is 5.72. The lowest BCUT2D eigenvalue weighted by Gasteiger charge is -2.11. The number of ether oxygens (including phenoxy) is 2. The first-order valence-electron chi connectivity index (χ1n) is 6.89. The number of rotatable bonds is 9. The van der Waals surface area contributed by atoms with Crippen LogP contribution in [0.15, 0.2) is 18.2 Å². The number of carboxylic acid groups (broad SMARTS) is 1. The van der Waals surface area contributed by atoms with Gasteiger partial charge in [-0.15, -0.1) is 0 Å². The zero-order chi connectivity index (χ0) is 15.7. The van der Waals surface area contributed by atoms with E-state index in [4.69, 9.17) is 14.6 Å². The molecule has 116 valence electrons. The third-order valence-electron chi connectivity index (χ3n) is 2.83. The molecule has 0 radical (unpaired) electrons. The van der Waals surface area contributed by atoms with Crippen LogP contribution in [-0.4, -0.2) is 37.2 Å². The first-order chi connectivity index (χ1) is 10.1. The Bertz CT molecular complexity index is 487. The number of carbonyl (C=O) groups is 2. The highest BCUT2D eigenvalue weighted by Crippen LogP contribution is 2.27. The average molecular weight is 295 g/mol. The minimum Gasteiger partial charge on any atom is -0.493 e. The van der Waals surface area contributed by atoms with Crippen LogP contribution in [0.25, 0.3) is 0 Å². The number of carbonyl (C=O) groups excluding carboxylic acids is 1. The van der Waals surface area contributed by atoms with Crippen molar-refractivity contribution in [1.82, 2.24) is 5.32 Å². The van der Waals surface area contributed by atoms with E-state index in [1.54, 1.807) is 18.2 Å². The highest BCUT2D eigenvalue weighted by Gasteiger charge is 2.10. The Balaban J connectivity index is 2.52. The molecule has 1 rings (SSSR count). The highest BCUT2D eigenvalue weighted by atomic mass is 16.5. The van der Waals surface area contributed by atoms with Gasteiger partial charge in [0.1, 0.15) is 0 Å². The van der Waals surface area contributed by atoms with Crippen molar-refractivity contribution in [2.75, 3.05) is 20.3 Å². The summed E-state index contributed by atoms with van der Waals surface area (Å²) in [6, 6.07) is 4.99. The fraction of sp³-hybridized carbons (Fsp3) is 0.467. The van der Waals surface area contributed by atoms with Gasteiger partial charge in [0.05, 0.1) is 13.7 Å². The molecule has 0 saturated carbocycles. The molecule has 1 aromatic carbocycles. The number of amides is 1. The van der Waals surface area contributed by atoms with Gasteiger partial charge >= 0.3 is 5.97 Å². The van der Waals surface area contributed by atoms with E-state index in [0.29, 0.717) is 43.1 Å². The zero-order valence-corrected chi connectivity index (χ0v) is 12.3. The summed E-state index contributed by atoms with van der Waals surface area (Å²) in [5.41, 5.74) is 0.480. The monoisotopic (exact) mass is 295 g/mol. The zero-order valence-electron chi connectivity index (χ0n) is 12.3. The molecule has 0 aliphatic rings. The quantitative estimate of drug-likeness (QED) is 0.681. The third-order valence-corrected chi connectivity index (χ3v) is 2.83. The molecule has 0 bridgehead atoms. The first-order valence-corrected chi connectivity index (χ1v) is 6.89. The number of benzene rings is 1. The van der Waals surface area contributed by atoms with Gasteiger partial charge in [0.25, 0.3) is 5.91 Å². The number of carboxylic acids is 1. The first kappa shape index (κ1) is 16.8. The van der Waals surface area contributed by atoms with Crippen LogP contribution in [0.4, 0.5) is 0 Å². The van der Waals surface area contributed by atoms with Crippen molar-refractivity contribution in [1.29, 1.82) is 0 Å². The Labute approximate surface area is 124 Å². The molecule has 0 aliphatic heterocycles. The Hall–Kier alpha value is -2.24. The number of nitrogens with one attached hydrogen (secondary N) is 1. The summed E-state index contributed by atoms with van der Waals surface area (Å²) in [5, 5.41) is 11.3. The summed E-state index contributed by atoms with van der Waals surface area (Å²) in [6.45, 7) is 2.84. The molecular formula is C15H21NO5. The fourth-order valence-corrected chi connectivity index (χ4v) is 1.79. The van der Waals surface area contributed by atoms with E-state index in [2.05, 4.69) is 5.32 Å². The van der Waals surface area contributed by atoms with Crippen molar-refractivity contribution in [2.24, 2.45) is 0 Å². The molecule has 0 aliphatic carbocycles. The molecule has 0 aromatic heterocycles. The molecule has 0 unspecified atom stereocenters. The molecule has 6 heteroatoms. The summed E-state index contributed by atoms with van der Waals surface area (Å²) in [7, 11) is 1.52. The van der Waals surface area contributed by atoms with Gasteiger partial charge in [0.2, 0.25) is 0 Å². The van der Waals surface area contributed by atoms with Crippen molar-refractivity contribution < 1.29 is 24.2 Å². The minimum atomic E-state index is -0.822. The number of hydrogen-bond acceptors (Lipinski definition) is 4. The summed E-state index contributed by atoms with van der Waals surface area (Å²) in [5.74, 6) is 0.0673. The van der Waals surface area contributed by atoms with E-state index >= 15 is 0 Å². The van der Waals surface area contributed by atoms with E-state index in [-0.39, 0.29) is 12.3 Å². The Kier molecular flexibility index (Phi) is 7.08. The van der Waals surface area contributed by atoms with Crippen LogP contribution in [0, 0.1) is 0 Å². The highest BCUT2D eigenvalue weighted by molar-refractivity contribution is 5.94. The maximum absolute atomic E-state index is 12.0. The van der Waals surface area contributed by atoms with Gasteiger partial charge in [-0.05, 0) is 38.0 Å². The molecule has 21 heavy (non-hydrogen) atoms. The van der Waals surface area contributed by atoms with Gasteiger partial charge in [-0.1, -0.05) is 0 Å². The summed E-state index contributed by atoms with van der Waals surface area (Å²) < 4.78 is 10.6. The lowest BCUT2D eigenvalue weighted by atomic mass is 10.1. The van der Waals surface area contributed by atoms with E-state index in [0.717, 1.165) is 0 Å². The normalized spacial score (nSPS) is 10.0. The number of unbranched alkanes of at least 4 members (excludes halogenated alkanes) is 1. The molecular weight excluding hydrogens is 274 g/mol. The van der Waals surface area contributed by atoms with Crippen LogP contribution in [-0.2, 0) is 4.79 Å². The summed E-state index contributed by atoms with van der Waals surface area (Å²) in [4.78, 5) is 22.3. The Morgan fingerprint density at radius 3 is 2.62 bits per heavy atom. The molecule has 0 heterocycles. The van der Waals surface area contributed by atoms with Crippen molar-refractivity contribution in [2.45, 2.75) is 26.2 Å². The van der Waals surface area contributed by atoms with E-state index < -0.39 is 5.97 Å². The van der Waals surface area contributed by atoms with Crippen molar-refractivity contribution in [3.8, 4) is 11.5 Å². The molecule has 0 saturated heterocycles. The van der Waals surface area contributed by atoms with Crippen LogP contribution in [0.1, 0.15) is 36.5 Å². The molecule has 1 amide bonds. The van der Waals surface area contributed by atoms with Gasteiger partial charge in [0, 0.05) is 18.5 Å². The van der Waals surface area contributed by atoms with Crippen molar-refractivity contribution in [3.05, 3.63) is 23.8 Å². The van der Waals surface area contributed by atoms with Gasteiger partial charge < -0.3 is 19.9 Å². The topological polar surface area (TPSA) is 84.9 Å². The molecule has 2 N–H and O–H groups in total. The molecule has 6 nitrogen and oxygen atoms in total. The number of hydrogen-bond donors (Lipinski definition) is 2. The van der Waals surface area contributed by atoms with Gasteiger partial charge in [-0.2, -0.15) is 0 Å². The molecule has 0 atom stereocenters. The predicted molar refractivity (Wildman–Crippen MR) is 78.0 cm³/mol. The standard InChI is InChI=1S/C15H21NO5/c1-3-21-12-8-7-11(10-13(12)20-2)15(19)16-9-5-4-6-14(17)18/h7-8,10H,3-6,9H2,1-2H3,(H,16,19)(H,17,18). The smallest absolute Gasteiger partial charge is 0.303 e. The largest absolute Gasteiger partial charge is 0.493 e. The van der Waals surface area contributed by atoms with E-state index in [1.807, 2.05) is 6.92 Å². The van der Waals surface area contributed by atoms with Gasteiger partial charge in [-0.25, -0.2) is 0 Å². The van der Waals surface area contributed by atoms with Crippen LogP contribution < -0.4 is 14.8 Å². The Morgan fingerprint density at radius 1 is 1.24 bits per heavy atom. The maximum Gasteiger partial charge on any atom is 0.303 e. The molecule has 1 aromatic rings. The van der Waals surface area contributed by atoms with Crippen LogP contribution in [0.2, 0.25) is 0 Å². The second kappa shape index (κ2) is 8.84. The van der Waals surface area contributed by atoms with Crippen LogP contribution in [0.3, 0.4) is 0 Å². The summed E-state index contributed by atoms with van der Waals surface area (Å²) in [6.07, 6.45) is 1.29. The molecule has 0 spiro atoms. The summed E-state index contributed by atoms with van der Waals surface area (Å²) >= 11 is 0. The molecule has 0 fully saturated rings. The second-order valence-corrected chi connectivity index (χ2v) is 4.41. The fourth-order valence-electron chi connectivity index (χ4n) is 1.79. The SMILES string of the molecule is CCOc1ccc(C(=O)NCCCCC(=O)O)cc1OC. The average Bonchev–Trinajstić information content (AvgIpc) is 2.47. The van der Waals surface area contributed by atoms with Crippen LogP contribution >= 0.6 is 0 Å². The van der Waals surface area contributed by atoms with E-state index in [1.165, 1.54) is 7.11 Å². The lowest BCUT2D eigenvalue weighted by Crippen LogP contribution is -2.24.